The quantitative estimate of drug-likeness (QED) is 0.537. The lowest BCUT2D eigenvalue weighted by Crippen LogP contribution is -2.55. The summed E-state index contributed by atoms with van der Waals surface area (Å²) in [4.78, 5) is 0. The van der Waals surface area contributed by atoms with Gasteiger partial charge in [0.2, 0.25) is 0 Å². The molecule has 0 fully saturated rings. The van der Waals surface area contributed by atoms with Crippen LogP contribution >= 0.6 is 0 Å². The summed E-state index contributed by atoms with van der Waals surface area (Å²) in [5.41, 5.74) is -4.30. The molecular formula is C14H24N4O4. The van der Waals surface area contributed by atoms with E-state index < -0.39 is 33.8 Å². The minimum atomic E-state index is -1.07. The Kier molecular flexibility index (Phi) is 3.10. The van der Waals surface area contributed by atoms with Crippen LogP contribution in [-0.2, 0) is 10.4 Å². The molecule has 22 heavy (non-hydrogen) atoms. The monoisotopic (exact) mass is 312 g/mol. The van der Waals surface area contributed by atoms with E-state index >= 15 is 0 Å². The zero-order valence-electron chi connectivity index (χ0n) is 14.4. The standard InChI is InChI=1S/C14H24N4O4/c1-11(2)12(3,4)16(20)9(15(11)19)10-17(21)13(5,6)14(7,8)18(10)22/h1-8H3. The lowest BCUT2D eigenvalue weighted by atomic mass is 9.84. The highest BCUT2D eigenvalue weighted by atomic mass is 16.6. The van der Waals surface area contributed by atoms with Crippen LogP contribution in [-0.4, -0.2) is 53.4 Å². The fourth-order valence-electron chi connectivity index (χ4n) is 2.58. The zero-order chi connectivity index (χ0) is 17.5. The maximum absolute atomic E-state index is 12.6. The minimum Gasteiger partial charge on any atom is -0.714 e. The van der Waals surface area contributed by atoms with Crippen LogP contribution in [0.4, 0.5) is 0 Å². The molecule has 2 aliphatic heterocycles. The van der Waals surface area contributed by atoms with E-state index in [2.05, 4.69) is 0 Å². The van der Waals surface area contributed by atoms with E-state index in [1.165, 1.54) is 0 Å². The van der Waals surface area contributed by atoms with E-state index in [1.54, 1.807) is 55.4 Å². The summed E-state index contributed by atoms with van der Waals surface area (Å²) in [6, 6.07) is 0. The highest BCUT2D eigenvalue weighted by Gasteiger charge is 2.69. The molecule has 0 aromatic rings. The first-order chi connectivity index (χ1) is 9.63. The first-order valence-corrected chi connectivity index (χ1v) is 7.27. The Morgan fingerprint density at radius 1 is 0.682 bits per heavy atom. The third-order valence-corrected chi connectivity index (χ3v) is 5.99. The highest BCUT2D eigenvalue weighted by molar-refractivity contribution is 6.36. The number of amidine groups is 2. The van der Waals surface area contributed by atoms with Crippen LogP contribution in [0.15, 0.2) is 0 Å². The molecule has 0 atom stereocenters. The van der Waals surface area contributed by atoms with Gasteiger partial charge in [-0.3, -0.25) is 0 Å². The van der Waals surface area contributed by atoms with Gasteiger partial charge >= 0.3 is 11.7 Å². The third-order valence-electron chi connectivity index (χ3n) is 5.99. The van der Waals surface area contributed by atoms with Crippen molar-refractivity contribution < 1.29 is 19.9 Å². The van der Waals surface area contributed by atoms with Crippen molar-refractivity contribution in [2.45, 2.75) is 77.5 Å². The number of nitrogens with zero attached hydrogens (tertiary/aromatic N) is 4. The molecule has 8 heteroatoms. The summed E-state index contributed by atoms with van der Waals surface area (Å²) in [5.74, 6) is -0.836. The molecule has 2 radical (unpaired) electrons. The molecule has 2 aliphatic rings. The van der Waals surface area contributed by atoms with Gasteiger partial charge in [0.1, 0.15) is 11.1 Å². The first-order valence-electron chi connectivity index (χ1n) is 7.27. The molecule has 2 rings (SSSR count). The summed E-state index contributed by atoms with van der Waals surface area (Å²) in [7, 11) is 0. The van der Waals surface area contributed by atoms with Gasteiger partial charge in [-0.05, 0) is 55.4 Å². The summed E-state index contributed by atoms with van der Waals surface area (Å²) >= 11 is 0. The van der Waals surface area contributed by atoms with Gasteiger partial charge in [0.25, 0.3) is 0 Å². The summed E-state index contributed by atoms with van der Waals surface area (Å²) in [6.45, 7) is 13.0. The Balaban J connectivity index is 2.72. The van der Waals surface area contributed by atoms with Gasteiger partial charge in [0.15, 0.2) is 11.1 Å². The van der Waals surface area contributed by atoms with Crippen molar-refractivity contribution in [2.24, 2.45) is 0 Å². The minimum absolute atomic E-state index is 0.418. The van der Waals surface area contributed by atoms with Crippen molar-refractivity contribution in [3.63, 3.8) is 0 Å². The van der Waals surface area contributed by atoms with Crippen molar-refractivity contribution in [3.05, 3.63) is 10.4 Å². The molecule has 0 aromatic carbocycles. The summed E-state index contributed by atoms with van der Waals surface area (Å²) in [6.07, 6.45) is 0. The third kappa shape index (κ3) is 1.54. The van der Waals surface area contributed by atoms with E-state index in [0.717, 1.165) is 0 Å². The largest absolute Gasteiger partial charge is 0.714 e. The lowest BCUT2D eigenvalue weighted by Gasteiger charge is -2.32. The van der Waals surface area contributed by atoms with E-state index in [1.807, 2.05) is 0 Å². The fraction of sp³-hybridized carbons (Fsp3) is 0.857. The van der Waals surface area contributed by atoms with Crippen LogP contribution < -0.4 is 0 Å². The summed E-state index contributed by atoms with van der Waals surface area (Å²) < 4.78 is 0.977. The van der Waals surface area contributed by atoms with E-state index in [0.29, 0.717) is 19.6 Å². The van der Waals surface area contributed by atoms with Crippen LogP contribution in [0.1, 0.15) is 55.4 Å². The molecule has 0 N–H and O–H groups in total. The van der Waals surface area contributed by atoms with E-state index in [4.69, 9.17) is 0 Å². The second-order valence-corrected chi connectivity index (χ2v) is 8.06. The van der Waals surface area contributed by atoms with Crippen LogP contribution in [0.25, 0.3) is 0 Å². The molecule has 2 heterocycles. The Hall–Kier alpha value is -1.54. The molecular weight excluding hydrogens is 288 g/mol. The number of hydroxylamine groups is 6. The van der Waals surface area contributed by atoms with Gasteiger partial charge in [-0.2, -0.15) is 0 Å². The maximum Gasteiger partial charge on any atom is 0.403 e. The number of hydrogen-bond donors (Lipinski definition) is 0. The fourth-order valence-corrected chi connectivity index (χ4v) is 2.58. The topological polar surface area (TPSA) is 98.4 Å². The maximum atomic E-state index is 12.6. The number of hydrogen-bond acceptors (Lipinski definition) is 4. The molecule has 0 spiro atoms. The Morgan fingerprint density at radius 3 is 1.05 bits per heavy atom. The molecule has 8 nitrogen and oxygen atoms in total. The zero-order valence-corrected chi connectivity index (χ0v) is 14.4. The molecule has 0 unspecified atom stereocenters. The molecule has 0 aromatic heterocycles. The van der Waals surface area contributed by atoms with Crippen molar-refractivity contribution in [3.8, 4) is 0 Å². The normalized spacial score (nSPS) is 28.8. The van der Waals surface area contributed by atoms with Gasteiger partial charge in [0, 0.05) is 10.4 Å². The summed E-state index contributed by atoms with van der Waals surface area (Å²) in [5, 5.41) is 51.5. The smallest absolute Gasteiger partial charge is 0.403 e. The van der Waals surface area contributed by atoms with Gasteiger partial charge in [-0.25, -0.2) is 9.48 Å². The molecule has 0 saturated heterocycles. The Morgan fingerprint density at radius 2 is 0.909 bits per heavy atom. The molecule has 0 amide bonds. The molecule has 0 bridgehead atoms. The van der Waals surface area contributed by atoms with Gasteiger partial charge in [0.05, 0.1) is 0 Å². The average Bonchev–Trinajstić information content (AvgIpc) is 2.57. The number of rotatable bonds is 1. The first kappa shape index (κ1) is 16.8. The van der Waals surface area contributed by atoms with Crippen LogP contribution in [0.3, 0.4) is 0 Å². The lowest BCUT2D eigenvalue weighted by molar-refractivity contribution is -0.550. The van der Waals surface area contributed by atoms with Crippen molar-refractivity contribution in [1.82, 2.24) is 10.1 Å². The van der Waals surface area contributed by atoms with Crippen molar-refractivity contribution in [2.75, 3.05) is 0 Å². The van der Waals surface area contributed by atoms with Crippen LogP contribution in [0.5, 0.6) is 0 Å². The SMILES string of the molecule is CC1(C)N([O])C(C2=[N+]([O-])C(C)(C)C(C)(C)N2[O])=[N+]([O-])C1(C)C. The van der Waals surface area contributed by atoms with Crippen LogP contribution in [0.2, 0.25) is 0 Å². The van der Waals surface area contributed by atoms with Gasteiger partial charge in [-0.15, -0.1) is 0 Å². The van der Waals surface area contributed by atoms with Gasteiger partial charge in [-0.1, -0.05) is 10.1 Å². The predicted molar refractivity (Wildman–Crippen MR) is 78.6 cm³/mol. The molecule has 0 saturated carbocycles. The van der Waals surface area contributed by atoms with Gasteiger partial charge < -0.3 is 10.4 Å². The second-order valence-electron chi connectivity index (χ2n) is 8.06. The van der Waals surface area contributed by atoms with Crippen molar-refractivity contribution in [1.29, 1.82) is 0 Å². The van der Waals surface area contributed by atoms with E-state index in [9.17, 15) is 20.8 Å². The Labute approximate surface area is 130 Å². The average molecular weight is 312 g/mol. The van der Waals surface area contributed by atoms with Crippen LogP contribution in [0, 0.1) is 10.4 Å². The van der Waals surface area contributed by atoms with Crippen molar-refractivity contribution >= 4 is 11.7 Å². The Bertz CT molecular complexity index is 538. The molecule has 124 valence electrons. The van der Waals surface area contributed by atoms with E-state index in [-0.39, 0.29) is 0 Å². The molecule has 0 aliphatic carbocycles. The second kappa shape index (κ2) is 4.05. The highest BCUT2D eigenvalue weighted by Crippen LogP contribution is 2.40. The predicted octanol–water partition coefficient (Wildman–Crippen LogP) is 1.24.